The molecule has 0 spiro atoms. The van der Waals surface area contributed by atoms with Crippen LogP contribution in [0, 0.1) is 5.92 Å². The number of rotatable bonds is 3. The van der Waals surface area contributed by atoms with Crippen LogP contribution in [0.15, 0.2) is 0 Å². The number of hydrogen-bond donors (Lipinski definition) is 1. The molecule has 0 bridgehead atoms. The predicted molar refractivity (Wildman–Crippen MR) is 51.3 cm³/mol. The average Bonchev–Trinajstić information content (AvgIpc) is 1.60. The maximum absolute atomic E-state index is 9.69. The van der Waals surface area contributed by atoms with E-state index in [1.807, 2.05) is 13.8 Å². The lowest BCUT2D eigenvalue weighted by atomic mass is 10.3. The van der Waals surface area contributed by atoms with Gasteiger partial charge in [0.25, 0.3) is 0 Å². The SMILES string of the molecule is CC(C)CP(O)(=S)C(C)C. The molecule has 1 atom stereocenters. The zero-order valence-corrected chi connectivity index (χ0v) is 8.88. The summed E-state index contributed by atoms with van der Waals surface area (Å²) in [6.45, 7) is 8.20. The van der Waals surface area contributed by atoms with E-state index in [0.717, 1.165) is 6.16 Å². The summed E-state index contributed by atoms with van der Waals surface area (Å²) in [6, 6.07) is 0. The van der Waals surface area contributed by atoms with Gasteiger partial charge in [-0.1, -0.05) is 39.5 Å². The molecule has 0 aliphatic carbocycles. The molecule has 62 valence electrons. The molecular weight excluding hydrogens is 163 g/mol. The fourth-order valence-corrected chi connectivity index (χ4v) is 3.10. The van der Waals surface area contributed by atoms with Crippen molar-refractivity contribution in [1.82, 2.24) is 0 Å². The highest BCUT2D eigenvalue weighted by atomic mass is 32.4. The van der Waals surface area contributed by atoms with Gasteiger partial charge in [0.1, 0.15) is 0 Å². The second-order valence-electron chi connectivity index (χ2n) is 3.43. The average molecular weight is 180 g/mol. The van der Waals surface area contributed by atoms with Gasteiger partial charge in [0.15, 0.2) is 0 Å². The van der Waals surface area contributed by atoms with E-state index in [4.69, 9.17) is 11.8 Å². The van der Waals surface area contributed by atoms with Gasteiger partial charge in [0.05, 0.1) is 6.26 Å². The van der Waals surface area contributed by atoms with Gasteiger partial charge in [-0.2, -0.15) is 0 Å². The first-order valence-electron chi connectivity index (χ1n) is 3.67. The van der Waals surface area contributed by atoms with Crippen LogP contribution in [-0.4, -0.2) is 16.7 Å². The Labute approximate surface area is 68.9 Å². The molecule has 0 aliphatic rings. The summed E-state index contributed by atoms with van der Waals surface area (Å²) in [5, 5.41) is 0. The lowest BCUT2D eigenvalue weighted by Crippen LogP contribution is -2.05. The van der Waals surface area contributed by atoms with Crippen LogP contribution >= 0.6 is 6.26 Å². The van der Waals surface area contributed by atoms with E-state index in [1.165, 1.54) is 0 Å². The molecule has 0 heterocycles. The topological polar surface area (TPSA) is 20.2 Å². The zero-order chi connectivity index (χ0) is 8.36. The van der Waals surface area contributed by atoms with Crippen LogP contribution in [0.3, 0.4) is 0 Å². The van der Waals surface area contributed by atoms with Crippen molar-refractivity contribution >= 4 is 18.1 Å². The molecule has 1 unspecified atom stereocenters. The van der Waals surface area contributed by atoms with Crippen molar-refractivity contribution in [3.63, 3.8) is 0 Å². The smallest absolute Gasteiger partial charge is 0.0663 e. The highest BCUT2D eigenvalue weighted by molar-refractivity contribution is 8.12. The molecule has 10 heavy (non-hydrogen) atoms. The highest BCUT2D eigenvalue weighted by Crippen LogP contribution is 2.47. The Balaban J connectivity index is 4.01. The third-order valence-electron chi connectivity index (χ3n) is 1.43. The van der Waals surface area contributed by atoms with Crippen molar-refractivity contribution < 1.29 is 4.89 Å². The summed E-state index contributed by atoms with van der Waals surface area (Å²) in [6.07, 6.45) is -1.17. The van der Waals surface area contributed by atoms with E-state index in [9.17, 15) is 4.89 Å². The number of hydrogen-bond acceptors (Lipinski definition) is 1. The van der Waals surface area contributed by atoms with Gasteiger partial charge in [0, 0.05) is 11.8 Å². The predicted octanol–water partition coefficient (Wildman–Crippen LogP) is 2.44. The molecular formula is C7H17OPS. The van der Waals surface area contributed by atoms with E-state index in [1.54, 1.807) is 0 Å². The van der Waals surface area contributed by atoms with Gasteiger partial charge in [-0.15, -0.1) is 0 Å². The van der Waals surface area contributed by atoms with Crippen LogP contribution in [-0.2, 0) is 11.8 Å². The largest absolute Gasteiger partial charge is 0.365 e. The summed E-state index contributed by atoms with van der Waals surface area (Å²) >= 11 is 5.11. The van der Waals surface area contributed by atoms with Crippen LogP contribution < -0.4 is 0 Å². The van der Waals surface area contributed by atoms with Gasteiger partial charge >= 0.3 is 0 Å². The van der Waals surface area contributed by atoms with E-state index in [-0.39, 0.29) is 5.66 Å². The first-order valence-corrected chi connectivity index (χ1v) is 6.68. The first-order chi connectivity index (χ1) is 4.36. The van der Waals surface area contributed by atoms with Crippen molar-refractivity contribution in [2.75, 3.05) is 6.16 Å². The maximum Gasteiger partial charge on any atom is 0.0663 e. The monoisotopic (exact) mass is 180 g/mol. The van der Waals surface area contributed by atoms with Gasteiger partial charge in [-0.05, 0) is 5.92 Å². The Morgan fingerprint density at radius 2 is 1.70 bits per heavy atom. The standard InChI is InChI=1S/C7H17OPS/c1-6(2)5-9(8,10)7(3)4/h6-7H,5H2,1-4H3,(H,8,10). The van der Waals surface area contributed by atoms with Gasteiger partial charge < -0.3 is 4.89 Å². The summed E-state index contributed by atoms with van der Waals surface area (Å²) in [7, 11) is 0. The minimum absolute atomic E-state index is 0.282. The summed E-state index contributed by atoms with van der Waals surface area (Å²) in [5.41, 5.74) is 0.282. The van der Waals surface area contributed by atoms with Crippen molar-refractivity contribution in [2.24, 2.45) is 5.92 Å². The van der Waals surface area contributed by atoms with Crippen molar-refractivity contribution in [3.8, 4) is 0 Å². The Hall–Kier alpha value is 0.610. The molecule has 1 N–H and O–H groups in total. The normalized spacial score (nSPS) is 17.9. The molecule has 1 nitrogen and oxygen atoms in total. The van der Waals surface area contributed by atoms with E-state index < -0.39 is 6.26 Å². The molecule has 3 heteroatoms. The van der Waals surface area contributed by atoms with Gasteiger partial charge in [-0.3, -0.25) is 0 Å². The van der Waals surface area contributed by atoms with Crippen molar-refractivity contribution in [3.05, 3.63) is 0 Å². The fraction of sp³-hybridized carbons (Fsp3) is 1.00. The molecule has 0 radical (unpaired) electrons. The first kappa shape index (κ1) is 10.6. The van der Waals surface area contributed by atoms with Gasteiger partial charge in [-0.25, -0.2) is 0 Å². The molecule has 0 fully saturated rings. The Kier molecular flexibility index (Phi) is 4.08. The van der Waals surface area contributed by atoms with Crippen LogP contribution in [0.4, 0.5) is 0 Å². The minimum Gasteiger partial charge on any atom is -0.365 e. The molecule has 0 aromatic heterocycles. The van der Waals surface area contributed by atoms with E-state index in [0.29, 0.717) is 5.92 Å². The molecule has 0 aromatic carbocycles. The molecule has 0 saturated heterocycles. The van der Waals surface area contributed by atoms with Crippen LogP contribution in [0.25, 0.3) is 0 Å². The lowest BCUT2D eigenvalue weighted by molar-refractivity contribution is 0.589. The summed E-state index contributed by atoms with van der Waals surface area (Å²) < 4.78 is 0. The molecule has 0 rings (SSSR count). The second-order valence-corrected chi connectivity index (χ2v) is 8.23. The Bertz CT molecular complexity index is 143. The minimum atomic E-state index is -1.99. The van der Waals surface area contributed by atoms with Crippen molar-refractivity contribution in [2.45, 2.75) is 33.4 Å². The molecule has 0 aliphatic heterocycles. The maximum atomic E-state index is 9.69. The molecule has 0 saturated carbocycles. The van der Waals surface area contributed by atoms with Crippen LogP contribution in [0.1, 0.15) is 27.7 Å². The quantitative estimate of drug-likeness (QED) is 0.673. The Morgan fingerprint density at radius 3 is 1.80 bits per heavy atom. The van der Waals surface area contributed by atoms with E-state index in [2.05, 4.69) is 13.8 Å². The second kappa shape index (κ2) is 3.85. The van der Waals surface area contributed by atoms with E-state index >= 15 is 0 Å². The summed E-state index contributed by atoms with van der Waals surface area (Å²) in [4.78, 5) is 9.69. The Morgan fingerprint density at radius 1 is 1.30 bits per heavy atom. The zero-order valence-electron chi connectivity index (χ0n) is 7.16. The van der Waals surface area contributed by atoms with Crippen LogP contribution in [0.5, 0.6) is 0 Å². The third kappa shape index (κ3) is 3.70. The summed E-state index contributed by atoms with van der Waals surface area (Å²) in [5.74, 6) is 0.526. The molecule has 0 aromatic rings. The van der Waals surface area contributed by atoms with Crippen molar-refractivity contribution in [1.29, 1.82) is 0 Å². The fourth-order valence-electron chi connectivity index (χ4n) is 0.734. The van der Waals surface area contributed by atoms with Crippen LogP contribution in [0.2, 0.25) is 0 Å². The molecule has 0 amide bonds. The third-order valence-corrected chi connectivity index (χ3v) is 6.01. The lowest BCUT2D eigenvalue weighted by Gasteiger charge is -2.21. The van der Waals surface area contributed by atoms with Gasteiger partial charge in [0.2, 0.25) is 0 Å². The highest BCUT2D eigenvalue weighted by Gasteiger charge is 2.18.